The molecule has 4 nitrogen and oxygen atoms in total. The van der Waals surface area contributed by atoms with E-state index in [0.717, 1.165) is 11.1 Å². The summed E-state index contributed by atoms with van der Waals surface area (Å²) in [5.41, 5.74) is 17.2. The molecule has 0 aliphatic rings. The van der Waals surface area contributed by atoms with Gasteiger partial charge >= 0.3 is 0 Å². The van der Waals surface area contributed by atoms with Crippen LogP contribution < -0.4 is 5.73 Å². The van der Waals surface area contributed by atoms with E-state index in [-0.39, 0.29) is 0 Å². The Morgan fingerprint density at radius 2 is 0.911 bits per heavy atom. The fourth-order valence-electron chi connectivity index (χ4n) is 8.43. The predicted octanol–water partition coefficient (Wildman–Crippen LogP) is 13.2. The van der Waals surface area contributed by atoms with Crippen molar-refractivity contribution in [2.45, 2.75) is 6.92 Å². The number of aromatic nitrogens is 2. The molecule has 0 saturated carbocycles. The lowest BCUT2D eigenvalue weighted by Gasteiger charge is -2.14. The molecule has 4 heteroatoms. The largest absolute Gasteiger partial charge is 0.398 e. The van der Waals surface area contributed by atoms with Gasteiger partial charge in [-0.05, 0) is 60.2 Å². The Bertz CT molecular complexity index is 3260. The lowest BCUT2D eigenvalue weighted by Crippen LogP contribution is -2.04. The van der Waals surface area contributed by atoms with Gasteiger partial charge in [-0.15, -0.1) is 0 Å². The van der Waals surface area contributed by atoms with Gasteiger partial charge in [-0.2, -0.15) is 0 Å². The van der Waals surface area contributed by atoms with Crippen molar-refractivity contribution in [3.63, 3.8) is 0 Å². The molecule has 0 bridgehead atoms. The third-order valence-electron chi connectivity index (χ3n) is 11.0. The molecule has 11 aromatic rings. The standard InChI is InChI=1S/C39H26N2.C13H12N2/c1-25-15-19-28(20-16-25)40-35-13-7-5-11-29(35)32-24-23-31-34(38(32)40)22-18-26-17-21-33-30-12-6-8-14-36(30)41(39(33)37(26)31)27-9-3-2-4-10-27;14-12-9-5-4-8-11(12)13(15)10-6-2-1-3-7-10/h2-24H,1H3;1-9,15H,14H2. The van der Waals surface area contributed by atoms with E-state index in [0.29, 0.717) is 11.4 Å². The van der Waals surface area contributed by atoms with E-state index in [1.54, 1.807) is 0 Å². The first kappa shape index (κ1) is 33.2. The van der Waals surface area contributed by atoms with Crippen molar-refractivity contribution in [2.75, 3.05) is 5.73 Å². The highest BCUT2D eigenvalue weighted by atomic mass is 15.0. The van der Waals surface area contributed by atoms with Crippen LogP contribution >= 0.6 is 0 Å². The fourth-order valence-corrected chi connectivity index (χ4v) is 8.43. The van der Waals surface area contributed by atoms with Gasteiger partial charge in [0.15, 0.2) is 0 Å². The van der Waals surface area contributed by atoms with Crippen LogP contribution in [-0.2, 0) is 0 Å². The van der Waals surface area contributed by atoms with E-state index in [9.17, 15) is 0 Å². The third kappa shape index (κ3) is 5.34. The number of nitrogens with two attached hydrogens (primary N) is 1. The Morgan fingerprint density at radius 3 is 1.57 bits per heavy atom. The first-order valence-corrected chi connectivity index (χ1v) is 19.0. The molecule has 0 amide bonds. The normalized spacial score (nSPS) is 11.4. The number of nitrogen functional groups attached to an aromatic ring is 1. The van der Waals surface area contributed by atoms with Crippen molar-refractivity contribution < 1.29 is 0 Å². The zero-order chi connectivity index (χ0) is 37.8. The lowest BCUT2D eigenvalue weighted by molar-refractivity contribution is 1.18. The molecule has 11 rings (SSSR count). The Hall–Kier alpha value is -7.43. The quantitative estimate of drug-likeness (QED) is 0.106. The van der Waals surface area contributed by atoms with Gasteiger partial charge in [-0.1, -0.05) is 157 Å². The van der Waals surface area contributed by atoms with Crippen molar-refractivity contribution in [3.8, 4) is 11.4 Å². The molecular formula is C52H38N4. The summed E-state index contributed by atoms with van der Waals surface area (Å²) in [7, 11) is 0. The maximum absolute atomic E-state index is 8.03. The molecule has 3 N–H and O–H groups in total. The van der Waals surface area contributed by atoms with Crippen molar-refractivity contribution in [1.82, 2.24) is 9.13 Å². The average Bonchev–Trinajstić information content (AvgIpc) is 3.78. The van der Waals surface area contributed by atoms with Crippen LogP contribution in [0, 0.1) is 12.3 Å². The van der Waals surface area contributed by atoms with Crippen molar-refractivity contribution in [3.05, 3.63) is 211 Å². The van der Waals surface area contributed by atoms with E-state index in [1.165, 1.54) is 82.1 Å². The monoisotopic (exact) mass is 718 g/mol. The highest BCUT2D eigenvalue weighted by molar-refractivity contribution is 6.29. The van der Waals surface area contributed by atoms with Gasteiger partial charge < -0.3 is 14.9 Å². The molecule has 56 heavy (non-hydrogen) atoms. The Kier molecular flexibility index (Phi) is 7.97. The van der Waals surface area contributed by atoms with Crippen LogP contribution in [0.5, 0.6) is 0 Å². The number of benzene rings is 9. The van der Waals surface area contributed by atoms with Crippen LogP contribution in [0.4, 0.5) is 5.69 Å². The van der Waals surface area contributed by atoms with E-state index in [2.05, 4.69) is 156 Å². The zero-order valence-electron chi connectivity index (χ0n) is 30.9. The van der Waals surface area contributed by atoms with Crippen LogP contribution in [0.3, 0.4) is 0 Å². The highest BCUT2D eigenvalue weighted by Gasteiger charge is 2.20. The van der Waals surface area contributed by atoms with Crippen LogP contribution in [0.1, 0.15) is 16.7 Å². The maximum atomic E-state index is 8.03. The number of fused-ring (bicyclic) bond motifs is 11. The first-order valence-electron chi connectivity index (χ1n) is 19.0. The number of aryl methyl sites for hydroxylation is 1. The van der Waals surface area contributed by atoms with Crippen LogP contribution in [0.2, 0.25) is 0 Å². The summed E-state index contributed by atoms with van der Waals surface area (Å²) in [6.07, 6.45) is 0. The second kappa shape index (κ2) is 13.5. The molecule has 0 spiro atoms. The number of hydrogen-bond donors (Lipinski definition) is 2. The maximum Gasteiger partial charge on any atom is 0.0705 e. The first-order chi connectivity index (χ1) is 27.6. The number of anilines is 1. The summed E-state index contributed by atoms with van der Waals surface area (Å²) >= 11 is 0. The van der Waals surface area contributed by atoms with E-state index < -0.39 is 0 Å². The molecule has 0 unspecified atom stereocenters. The minimum Gasteiger partial charge on any atom is -0.398 e. The minimum atomic E-state index is 0.466. The number of rotatable bonds is 4. The third-order valence-corrected chi connectivity index (χ3v) is 11.0. The van der Waals surface area contributed by atoms with E-state index >= 15 is 0 Å². The summed E-state index contributed by atoms with van der Waals surface area (Å²) in [4.78, 5) is 0. The molecule has 2 aromatic heterocycles. The number of nitrogens with one attached hydrogen (secondary N) is 1. The summed E-state index contributed by atoms with van der Waals surface area (Å²) in [5.74, 6) is 0. The van der Waals surface area contributed by atoms with Gasteiger partial charge in [0.25, 0.3) is 0 Å². The summed E-state index contributed by atoms with van der Waals surface area (Å²) in [6.45, 7) is 2.15. The number of hydrogen-bond acceptors (Lipinski definition) is 2. The second-order valence-electron chi connectivity index (χ2n) is 14.4. The fraction of sp³-hybridized carbons (Fsp3) is 0.0192. The lowest BCUT2D eigenvalue weighted by atomic mass is 9.97. The van der Waals surface area contributed by atoms with Crippen LogP contribution in [0.25, 0.3) is 76.5 Å². The van der Waals surface area contributed by atoms with Gasteiger partial charge in [0.05, 0.1) is 27.8 Å². The number of nitrogens with zero attached hydrogens (tertiary/aromatic N) is 2. The van der Waals surface area contributed by atoms with Crippen molar-refractivity contribution in [1.29, 1.82) is 5.41 Å². The van der Waals surface area contributed by atoms with Gasteiger partial charge in [-0.3, -0.25) is 5.41 Å². The van der Waals surface area contributed by atoms with E-state index in [4.69, 9.17) is 11.1 Å². The molecular weight excluding hydrogens is 681 g/mol. The second-order valence-corrected chi connectivity index (χ2v) is 14.4. The molecule has 0 saturated heterocycles. The minimum absolute atomic E-state index is 0.466. The highest BCUT2D eigenvalue weighted by Crippen LogP contribution is 2.43. The Labute approximate surface area is 324 Å². The summed E-state index contributed by atoms with van der Waals surface area (Å²) in [5, 5.41) is 18.2. The van der Waals surface area contributed by atoms with Gasteiger partial charge in [0.1, 0.15) is 0 Å². The van der Waals surface area contributed by atoms with Crippen molar-refractivity contribution in [2.24, 2.45) is 0 Å². The molecule has 9 aromatic carbocycles. The number of para-hydroxylation sites is 4. The molecule has 0 atom stereocenters. The molecule has 2 heterocycles. The molecule has 0 radical (unpaired) electrons. The van der Waals surface area contributed by atoms with Gasteiger partial charge in [0.2, 0.25) is 0 Å². The molecule has 0 aliphatic heterocycles. The van der Waals surface area contributed by atoms with Crippen LogP contribution in [-0.4, -0.2) is 14.8 Å². The Morgan fingerprint density at radius 1 is 0.429 bits per heavy atom. The topological polar surface area (TPSA) is 59.7 Å². The molecule has 0 fully saturated rings. The molecule has 0 aliphatic carbocycles. The van der Waals surface area contributed by atoms with E-state index in [1.807, 2.05) is 54.6 Å². The average molecular weight is 719 g/mol. The van der Waals surface area contributed by atoms with Gasteiger partial charge in [0, 0.05) is 60.5 Å². The zero-order valence-corrected chi connectivity index (χ0v) is 30.9. The molecule has 266 valence electrons. The summed E-state index contributed by atoms with van der Waals surface area (Å²) < 4.78 is 4.90. The Balaban J connectivity index is 0.000000216. The van der Waals surface area contributed by atoms with Crippen molar-refractivity contribution >= 4 is 76.6 Å². The SMILES string of the molecule is Cc1ccc(-n2c3ccccc3c3ccc4c(ccc5ccc6c7ccccc7n(-c7ccccc7)c6c54)c32)cc1.N=C(c1ccccc1)c1ccccc1N. The van der Waals surface area contributed by atoms with Gasteiger partial charge in [-0.25, -0.2) is 0 Å². The smallest absolute Gasteiger partial charge is 0.0705 e. The van der Waals surface area contributed by atoms with Crippen LogP contribution in [0.15, 0.2) is 194 Å². The predicted molar refractivity (Wildman–Crippen MR) is 238 cm³/mol. The summed E-state index contributed by atoms with van der Waals surface area (Å²) in [6, 6.07) is 68.2.